The molecule has 0 unspecified atom stereocenters. The summed E-state index contributed by atoms with van der Waals surface area (Å²) in [5.74, 6) is 0. The molecule has 6 heteroatoms. The average molecular weight is 240 g/mol. The first kappa shape index (κ1) is 10.7. The van der Waals surface area contributed by atoms with Crippen LogP contribution in [0.5, 0.6) is 0 Å². The summed E-state index contributed by atoms with van der Waals surface area (Å²) in [5.41, 5.74) is 9.46. The highest BCUT2D eigenvalue weighted by atomic mass is 32.1. The molecule has 0 saturated carbocycles. The Morgan fingerprint density at radius 1 is 1.27 bits per heavy atom. The quantitative estimate of drug-likeness (QED) is 0.828. The molecule has 0 aliphatic rings. The molecule has 3 N–H and O–H groups in total. The van der Waals surface area contributed by atoms with E-state index in [-0.39, 0.29) is 0 Å². The number of hydrogen-bond donors (Lipinski definition) is 2. The normalized spacial score (nSPS) is 10.7. The smallest absolute Gasteiger partial charge is 0.106 e. The van der Waals surface area contributed by atoms with E-state index in [2.05, 4.69) is 15.3 Å². The van der Waals surface area contributed by atoms with Crippen LogP contribution < -0.4 is 11.1 Å². The molecule has 0 bridgehead atoms. The van der Waals surface area contributed by atoms with Gasteiger partial charge < -0.3 is 11.1 Å². The van der Waals surface area contributed by atoms with Crippen LogP contribution in [0, 0.1) is 0 Å². The van der Waals surface area contributed by atoms with Gasteiger partial charge >= 0.3 is 0 Å². The van der Waals surface area contributed by atoms with Crippen molar-refractivity contribution >= 4 is 22.7 Å². The van der Waals surface area contributed by atoms with Gasteiger partial charge in [-0.3, -0.25) is 0 Å². The topological polar surface area (TPSA) is 63.8 Å². The molecule has 2 aromatic rings. The highest BCUT2D eigenvalue weighted by Crippen LogP contribution is 2.08. The van der Waals surface area contributed by atoms with E-state index in [1.54, 1.807) is 22.7 Å². The zero-order valence-electron chi connectivity index (χ0n) is 8.14. The Morgan fingerprint density at radius 2 is 2.13 bits per heavy atom. The summed E-state index contributed by atoms with van der Waals surface area (Å²) in [6, 6.07) is 0. The molecular formula is C9H12N4S2. The maximum absolute atomic E-state index is 5.49. The summed E-state index contributed by atoms with van der Waals surface area (Å²) in [5, 5.41) is 8.35. The monoisotopic (exact) mass is 240 g/mol. The summed E-state index contributed by atoms with van der Waals surface area (Å²) >= 11 is 3.22. The highest BCUT2D eigenvalue weighted by molar-refractivity contribution is 7.09. The van der Waals surface area contributed by atoms with Gasteiger partial charge in [0.05, 0.1) is 16.9 Å². The zero-order valence-corrected chi connectivity index (χ0v) is 9.77. The fraction of sp³-hybridized carbons (Fsp3) is 0.333. The molecule has 80 valence electrons. The second kappa shape index (κ2) is 5.32. The Bertz CT molecular complexity index is 396. The van der Waals surface area contributed by atoms with E-state index in [1.165, 1.54) is 0 Å². The highest BCUT2D eigenvalue weighted by Gasteiger charge is 2.00. The Balaban J connectivity index is 1.78. The van der Waals surface area contributed by atoms with Gasteiger partial charge in [0.1, 0.15) is 5.01 Å². The van der Waals surface area contributed by atoms with E-state index < -0.39 is 0 Å². The number of nitrogens with zero attached hydrogens (tertiary/aromatic N) is 2. The third kappa shape index (κ3) is 3.07. The number of rotatable bonds is 5. The maximum Gasteiger partial charge on any atom is 0.106 e. The van der Waals surface area contributed by atoms with Crippen LogP contribution in [0.3, 0.4) is 0 Å². The number of hydrogen-bond acceptors (Lipinski definition) is 6. The van der Waals surface area contributed by atoms with E-state index >= 15 is 0 Å². The molecular weight excluding hydrogens is 228 g/mol. The molecule has 2 aromatic heterocycles. The van der Waals surface area contributed by atoms with Crippen LogP contribution >= 0.6 is 22.7 Å². The van der Waals surface area contributed by atoms with Crippen molar-refractivity contribution in [1.29, 1.82) is 0 Å². The van der Waals surface area contributed by atoms with Crippen molar-refractivity contribution in [3.8, 4) is 0 Å². The lowest BCUT2D eigenvalue weighted by atomic mass is 10.4. The van der Waals surface area contributed by atoms with Crippen molar-refractivity contribution in [3.05, 3.63) is 32.7 Å². The zero-order chi connectivity index (χ0) is 10.5. The average Bonchev–Trinajstić information content (AvgIpc) is 2.88. The van der Waals surface area contributed by atoms with Gasteiger partial charge in [-0.15, -0.1) is 22.7 Å². The molecule has 0 radical (unpaired) electrons. The molecule has 0 spiro atoms. The van der Waals surface area contributed by atoms with Crippen molar-refractivity contribution in [1.82, 2.24) is 15.3 Å². The minimum absolute atomic E-state index is 0.525. The number of nitrogens with two attached hydrogens (primary N) is 1. The van der Waals surface area contributed by atoms with Crippen LogP contribution in [0.2, 0.25) is 0 Å². The van der Waals surface area contributed by atoms with Crippen molar-refractivity contribution in [2.45, 2.75) is 19.6 Å². The predicted octanol–water partition coefficient (Wildman–Crippen LogP) is 1.35. The first-order valence-corrected chi connectivity index (χ1v) is 6.42. The minimum Gasteiger partial charge on any atom is -0.325 e. The van der Waals surface area contributed by atoms with Crippen LogP contribution in [0.15, 0.2) is 16.3 Å². The van der Waals surface area contributed by atoms with Crippen LogP contribution in [-0.4, -0.2) is 9.97 Å². The number of thiazole rings is 2. The summed E-state index contributed by atoms with van der Waals surface area (Å²) in [6.45, 7) is 2.09. The molecule has 0 aliphatic heterocycles. The van der Waals surface area contributed by atoms with Crippen LogP contribution in [0.4, 0.5) is 0 Å². The molecule has 2 heterocycles. The third-order valence-electron chi connectivity index (χ3n) is 1.87. The summed E-state index contributed by atoms with van der Waals surface area (Å²) in [4.78, 5) is 8.55. The van der Waals surface area contributed by atoms with Crippen LogP contribution in [-0.2, 0) is 19.6 Å². The largest absolute Gasteiger partial charge is 0.325 e. The standard InChI is InChI=1S/C9H12N4S2/c10-1-9-13-8(5-15-9)3-11-2-7-4-14-6-12-7/h4-6,11H,1-3,10H2. The van der Waals surface area contributed by atoms with Crippen molar-refractivity contribution < 1.29 is 0 Å². The van der Waals surface area contributed by atoms with Gasteiger partial charge in [-0.2, -0.15) is 0 Å². The van der Waals surface area contributed by atoms with E-state index in [4.69, 9.17) is 5.73 Å². The van der Waals surface area contributed by atoms with Crippen molar-refractivity contribution in [2.24, 2.45) is 5.73 Å². The molecule has 15 heavy (non-hydrogen) atoms. The van der Waals surface area contributed by atoms with Gasteiger partial charge in [-0.25, -0.2) is 9.97 Å². The van der Waals surface area contributed by atoms with Gasteiger partial charge in [-0.05, 0) is 0 Å². The molecule has 0 aromatic carbocycles. The lowest BCUT2D eigenvalue weighted by Gasteiger charge is -1.98. The van der Waals surface area contributed by atoms with Gasteiger partial charge in [0.15, 0.2) is 0 Å². The Hall–Kier alpha value is -0.820. The van der Waals surface area contributed by atoms with Gasteiger partial charge in [0.2, 0.25) is 0 Å². The lowest BCUT2D eigenvalue weighted by molar-refractivity contribution is 0.671. The van der Waals surface area contributed by atoms with Crippen LogP contribution in [0.1, 0.15) is 16.4 Å². The second-order valence-electron chi connectivity index (χ2n) is 3.02. The molecule has 0 aliphatic carbocycles. The number of nitrogens with one attached hydrogen (secondary N) is 1. The molecule has 4 nitrogen and oxygen atoms in total. The van der Waals surface area contributed by atoms with E-state index in [1.807, 2.05) is 16.3 Å². The molecule has 2 rings (SSSR count). The predicted molar refractivity (Wildman–Crippen MR) is 62.7 cm³/mol. The van der Waals surface area contributed by atoms with Crippen molar-refractivity contribution in [3.63, 3.8) is 0 Å². The van der Waals surface area contributed by atoms with Gasteiger partial charge in [0, 0.05) is 30.4 Å². The number of aromatic nitrogens is 2. The molecule has 0 fully saturated rings. The summed E-state index contributed by atoms with van der Waals surface area (Å²) < 4.78 is 0. The molecule has 0 amide bonds. The first-order valence-electron chi connectivity index (χ1n) is 4.59. The SMILES string of the molecule is NCc1nc(CNCc2cscn2)cs1. The Kier molecular flexibility index (Phi) is 3.79. The molecule has 0 atom stereocenters. The van der Waals surface area contributed by atoms with Crippen LogP contribution in [0.25, 0.3) is 0 Å². The third-order valence-corrected chi connectivity index (χ3v) is 3.42. The summed E-state index contributed by atoms with van der Waals surface area (Å²) in [7, 11) is 0. The fourth-order valence-electron chi connectivity index (χ4n) is 1.17. The molecule has 0 saturated heterocycles. The van der Waals surface area contributed by atoms with Gasteiger partial charge in [0.25, 0.3) is 0 Å². The lowest BCUT2D eigenvalue weighted by Crippen LogP contribution is -2.13. The van der Waals surface area contributed by atoms with Crippen molar-refractivity contribution in [2.75, 3.05) is 0 Å². The van der Waals surface area contributed by atoms with E-state index in [0.29, 0.717) is 6.54 Å². The van der Waals surface area contributed by atoms with E-state index in [0.717, 1.165) is 29.5 Å². The summed E-state index contributed by atoms with van der Waals surface area (Å²) in [6.07, 6.45) is 0. The Morgan fingerprint density at radius 3 is 2.80 bits per heavy atom. The maximum atomic E-state index is 5.49. The second-order valence-corrected chi connectivity index (χ2v) is 4.68. The van der Waals surface area contributed by atoms with Gasteiger partial charge in [-0.1, -0.05) is 0 Å². The first-order chi connectivity index (χ1) is 7.38. The minimum atomic E-state index is 0.525. The van der Waals surface area contributed by atoms with E-state index in [9.17, 15) is 0 Å². The Labute approximate surface area is 96.2 Å². The fourth-order valence-corrected chi connectivity index (χ4v) is 2.40.